The normalized spacial score (nSPS) is 28.7. The average Bonchev–Trinajstić information content (AvgIpc) is 2.87. The molecule has 1 aromatic rings. The van der Waals surface area contributed by atoms with Crippen molar-refractivity contribution in [2.75, 3.05) is 5.32 Å². The van der Waals surface area contributed by atoms with Gasteiger partial charge in [-0.15, -0.1) is 0 Å². The molecule has 3 atom stereocenters. The summed E-state index contributed by atoms with van der Waals surface area (Å²) >= 11 is 0. The second-order valence-corrected chi connectivity index (χ2v) is 8.58. The van der Waals surface area contributed by atoms with Gasteiger partial charge in [0.25, 0.3) is 0 Å². The van der Waals surface area contributed by atoms with Gasteiger partial charge in [0.05, 0.1) is 0 Å². The summed E-state index contributed by atoms with van der Waals surface area (Å²) in [6.07, 6.45) is 12.2. The number of nitrogens with zero attached hydrogens (tertiary/aromatic N) is 1. The standard InChI is InChI=1S/C24H34N2/c1-6-7-14-25-19(5)26-20-11-12-21-18(4)16-24(23(21)15-20)13-9-8-10-22(24)17(2)3/h6-7,11-12,14-15,17-18,22H,1,8-10,13,16H2,2-5H3,(H,25,26)/b14-7-. The predicted molar refractivity (Wildman–Crippen MR) is 114 cm³/mol. The molecule has 0 heterocycles. The van der Waals surface area contributed by atoms with Crippen LogP contribution in [-0.2, 0) is 5.41 Å². The average molecular weight is 351 g/mol. The third-order valence-corrected chi connectivity index (χ3v) is 6.51. The molecule has 26 heavy (non-hydrogen) atoms. The molecule has 3 unspecified atom stereocenters. The SMILES string of the molecule is C=C/C=C\N=C(C)Nc1ccc2c(c1)C1(CCCCC1C(C)C)CC2C. The van der Waals surface area contributed by atoms with Crippen molar-refractivity contribution in [3.05, 3.63) is 54.3 Å². The summed E-state index contributed by atoms with van der Waals surface area (Å²) in [5.41, 5.74) is 4.73. The molecule has 1 aromatic carbocycles. The second-order valence-electron chi connectivity index (χ2n) is 8.58. The molecule has 0 aliphatic heterocycles. The first kappa shape index (κ1) is 18.9. The van der Waals surface area contributed by atoms with Gasteiger partial charge in [0.15, 0.2) is 0 Å². The number of hydrogen-bond donors (Lipinski definition) is 1. The van der Waals surface area contributed by atoms with Crippen LogP contribution in [0.5, 0.6) is 0 Å². The molecule has 0 saturated heterocycles. The molecular weight excluding hydrogens is 316 g/mol. The van der Waals surface area contributed by atoms with Crippen molar-refractivity contribution in [1.29, 1.82) is 0 Å². The fourth-order valence-corrected chi connectivity index (χ4v) is 5.54. The zero-order chi connectivity index (χ0) is 18.7. The van der Waals surface area contributed by atoms with Crippen LogP contribution < -0.4 is 5.32 Å². The number of rotatable bonds is 4. The van der Waals surface area contributed by atoms with Crippen LogP contribution in [0, 0.1) is 11.8 Å². The van der Waals surface area contributed by atoms with Gasteiger partial charge < -0.3 is 5.32 Å². The van der Waals surface area contributed by atoms with E-state index in [-0.39, 0.29) is 0 Å². The molecule has 2 heteroatoms. The van der Waals surface area contributed by atoms with Crippen LogP contribution in [-0.4, -0.2) is 5.84 Å². The lowest BCUT2D eigenvalue weighted by atomic mass is 9.59. The maximum atomic E-state index is 4.42. The predicted octanol–water partition coefficient (Wildman–Crippen LogP) is 6.81. The van der Waals surface area contributed by atoms with E-state index in [1.54, 1.807) is 23.4 Å². The minimum Gasteiger partial charge on any atom is -0.344 e. The van der Waals surface area contributed by atoms with Crippen LogP contribution in [0.1, 0.15) is 76.8 Å². The van der Waals surface area contributed by atoms with E-state index in [1.165, 1.54) is 37.8 Å². The highest BCUT2D eigenvalue weighted by atomic mass is 15.0. The number of hydrogen-bond acceptors (Lipinski definition) is 1. The molecule has 1 fully saturated rings. The van der Waals surface area contributed by atoms with Crippen molar-refractivity contribution >= 4 is 11.5 Å². The summed E-state index contributed by atoms with van der Waals surface area (Å²) in [6, 6.07) is 7.00. The molecule has 3 rings (SSSR count). The molecule has 2 nitrogen and oxygen atoms in total. The molecule has 0 bridgehead atoms. The Morgan fingerprint density at radius 2 is 2.15 bits per heavy atom. The van der Waals surface area contributed by atoms with Crippen LogP contribution in [0.15, 0.2) is 48.1 Å². The Hall–Kier alpha value is -1.83. The molecular formula is C24H34N2. The second kappa shape index (κ2) is 7.82. The number of benzene rings is 1. The lowest BCUT2D eigenvalue weighted by Gasteiger charge is -2.45. The fourth-order valence-electron chi connectivity index (χ4n) is 5.54. The van der Waals surface area contributed by atoms with E-state index in [0.29, 0.717) is 11.3 Å². The smallest absolute Gasteiger partial charge is 0.103 e. The first-order valence-corrected chi connectivity index (χ1v) is 10.2. The third-order valence-electron chi connectivity index (χ3n) is 6.51. The van der Waals surface area contributed by atoms with E-state index < -0.39 is 0 Å². The van der Waals surface area contributed by atoms with Gasteiger partial charge in [-0.05, 0) is 78.7 Å². The monoisotopic (exact) mass is 350 g/mol. The summed E-state index contributed by atoms with van der Waals surface area (Å²) in [5.74, 6) is 3.13. The van der Waals surface area contributed by atoms with E-state index in [2.05, 4.69) is 55.9 Å². The summed E-state index contributed by atoms with van der Waals surface area (Å²) < 4.78 is 0. The molecule has 2 aliphatic rings. The molecule has 2 aliphatic carbocycles. The van der Waals surface area contributed by atoms with Crippen molar-refractivity contribution < 1.29 is 0 Å². The van der Waals surface area contributed by atoms with E-state index in [1.807, 2.05) is 13.0 Å². The van der Waals surface area contributed by atoms with E-state index in [0.717, 1.165) is 17.7 Å². The molecule has 1 saturated carbocycles. The molecule has 140 valence electrons. The van der Waals surface area contributed by atoms with Gasteiger partial charge in [0.2, 0.25) is 0 Å². The maximum absolute atomic E-state index is 4.42. The van der Waals surface area contributed by atoms with Crippen molar-refractivity contribution in [3.63, 3.8) is 0 Å². The Morgan fingerprint density at radius 1 is 1.35 bits per heavy atom. The number of fused-ring (bicyclic) bond motifs is 2. The molecule has 0 amide bonds. The van der Waals surface area contributed by atoms with Gasteiger partial charge in [0.1, 0.15) is 5.84 Å². The highest BCUT2D eigenvalue weighted by Gasteiger charge is 2.49. The summed E-state index contributed by atoms with van der Waals surface area (Å²) in [4.78, 5) is 4.42. The Bertz CT molecular complexity index is 713. The summed E-state index contributed by atoms with van der Waals surface area (Å²) in [6.45, 7) is 13.0. The van der Waals surface area contributed by atoms with E-state index in [4.69, 9.17) is 0 Å². The summed E-state index contributed by atoms with van der Waals surface area (Å²) in [7, 11) is 0. The Kier molecular flexibility index (Phi) is 5.70. The maximum Gasteiger partial charge on any atom is 0.103 e. The van der Waals surface area contributed by atoms with Crippen molar-refractivity contribution in [2.24, 2.45) is 16.8 Å². The Labute approximate surface area is 159 Å². The minimum atomic E-state index is 0.382. The minimum absolute atomic E-state index is 0.382. The van der Waals surface area contributed by atoms with Crippen LogP contribution in [0.25, 0.3) is 0 Å². The number of nitrogens with one attached hydrogen (secondary N) is 1. The van der Waals surface area contributed by atoms with Gasteiger partial charge in [0, 0.05) is 11.9 Å². The lowest BCUT2D eigenvalue weighted by molar-refractivity contribution is 0.131. The molecule has 1 N–H and O–H groups in total. The Morgan fingerprint density at radius 3 is 2.88 bits per heavy atom. The van der Waals surface area contributed by atoms with Gasteiger partial charge in [-0.2, -0.15) is 0 Å². The number of anilines is 1. The number of allylic oxidation sites excluding steroid dienone is 2. The fraction of sp³-hybridized carbons (Fsp3) is 0.542. The largest absolute Gasteiger partial charge is 0.344 e. The quantitative estimate of drug-likeness (QED) is 0.360. The zero-order valence-corrected chi connectivity index (χ0v) is 16.9. The van der Waals surface area contributed by atoms with Crippen molar-refractivity contribution in [3.8, 4) is 0 Å². The van der Waals surface area contributed by atoms with Gasteiger partial charge in [-0.3, -0.25) is 0 Å². The Balaban J connectivity index is 1.95. The highest BCUT2D eigenvalue weighted by molar-refractivity contribution is 5.94. The van der Waals surface area contributed by atoms with Gasteiger partial charge in [-0.25, -0.2) is 4.99 Å². The van der Waals surface area contributed by atoms with Crippen molar-refractivity contribution in [2.45, 2.75) is 71.1 Å². The zero-order valence-electron chi connectivity index (χ0n) is 16.9. The van der Waals surface area contributed by atoms with Crippen molar-refractivity contribution in [1.82, 2.24) is 0 Å². The van der Waals surface area contributed by atoms with Crippen LogP contribution in [0.3, 0.4) is 0 Å². The van der Waals surface area contributed by atoms with Crippen LogP contribution in [0.4, 0.5) is 5.69 Å². The molecule has 1 spiro atoms. The van der Waals surface area contributed by atoms with Gasteiger partial charge in [-0.1, -0.05) is 52.3 Å². The van der Waals surface area contributed by atoms with Crippen LogP contribution in [0.2, 0.25) is 0 Å². The topological polar surface area (TPSA) is 24.4 Å². The summed E-state index contributed by atoms with van der Waals surface area (Å²) in [5, 5.41) is 3.48. The molecule has 0 aromatic heterocycles. The first-order chi connectivity index (χ1) is 12.5. The molecule has 0 radical (unpaired) electrons. The lowest BCUT2D eigenvalue weighted by Crippen LogP contribution is -2.39. The van der Waals surface area contributed by atoms with Crippen LogP contribution >= 0.6 is 0 Å². The highest BCUT2D eigenvalue weighted by Crippen LogP contribution is 2.58. The number of amidine groups is 1. The van der Waals surface area contributed by atoms with Gasteiger partial charge >= 0.3 is 0 Å². The van der Waals surface area contributed by atoms with E-state index in [9.17, 15) is 0 Å². The first-order valence-electron chi connectivity index (χ1n) is 10.2. The van der Waals surface area contributed by atoms with E-state index >= 15 is 0 Å². The third kappa shape index (κ3) is 3.51. The number of aliphatic imine (C=N–C) groups is 1.